The lowest BCUT2D eigenvalue weighted by molar-refractivity contribution is -0.384. The Morgan fingerprint density at radius 3 is 2.61 bits per heavy atom. The average Bonchev–Trinajstić information content (AvgIpc) is 2.93. The van der Waals surface area contributed by atoms with E-state index in [0.717, 1.165) is 30.0 Å². The second kappa shape index (κ2) is 6.20. The summed E-state index contributed by atoms with van der Waals surface area (Å²) in [5.74, 6) is 1.22. The minimum Gasteiger partial charge on any atom is -0.357 e. The predicted molar refractivity (Wildman–Crippen MR) is 86.3 cm³/mol. The minimum absolute atomic E-state index is 0.0638. The van der Waals surface area contributed by atoms with Crippen molar-refractivity contribution in [2.24, 2.45) is 0 Å². The van der Waals surface area contributed by atoms with Gasteiger partial charge in [-0.2, -0.15) is 0 Å². The summed E-state index contributed by atoms with van der Waals surface area (Å²) in [6.07, 6.45) is 3.66. The summed E-state index contributed by atoms with van der Waals surface area (Å²) in [4.78, 5) is 17.2. The van der Waals surface area contributed by atoms with Crippen molar-refractivity contribution < 1.29 is 9.45 Å². The van der Waals surface area contributed by atoms with Gasteiger partial charge >= 0.3 is 5.69 Å². The Kier molecular flexibility index (Phi) is 4.10. The molecule has 0 saturated carbocycles. The van der Waals surface area contributed by atoms with E-state index in [4.69, 9.17) is 4.52 Å². The van der Waals surface area contributed by atoms with Gasteiger partial charge in [0.2, 0.25) is 5.82 Å². The molecule has 0 aromatic carbocycles. The first-order valence-corrected chi connectivity index (χ1v) is 7.52. The fourth-order valence-electron chi connectivity index (χ4n) is 2.71. The number of nitrogens with zero attached hydrogens (tertiary/aromatic N) is 4. The fraction of sp³-hybridized carbons (Fsp3) is 0.375. The van der Waals surface area contributed by atoms with Crippen LogP contribution in [0, 0.1) is 24.0 Å². The fourth-order valence-corrected chi connectivity index (χ4v) is 2.71. The second-order valence-electron chi connectivity index (χ2n) is 5.71. The van der Waals surface area contributed by atoms with Gasteiger partial charge in [0.05, 0.1) is 10.6 Å². The molecule has 7 nitrogen and oxygen atoms in total. The van der Waals surface area contributed by atoms with Gasteiger partial charge in [0.25, 0.3) is 0 Å². The van der Waals surface area contributed by atoms with E-state index in [1.54, 1.807) is 6.07 Å². The number of hydrogen-bond acceptors (Lipinski definition) is 6. The molecule has 0 bridgehead atoms. The van der Waals surface area contributed by atoms with Gasteiger partial charge in [-0.3, -0.25) is 10.1 Å². The summed E-state index contributed by atoms with van der Waals surface area (Å²) < 4.78 is 5.20. The zero-order chi connectivity index (χ0) is 16.4. The lowest BCUT2D eigenvalue weighted by atomic mass is 10.0. The number of pyridine rings is 1. The molecule has 23 heavy (non-hydrogen) atoms. The largest absolute Gasteiger partial charge is 0.357 e. The average molecular weight is 314 g/mol. The van der Waals surface area contributed by atoms with Crippen molar-refractivity contribution in [2.45, 2.75) is 26.7 Å². The van der Waals surface area contributed by atoms with Crippen molar-refractivity contribution in [1.29, 1.82) is 0 Å². The highest BCUT2D eigenvalue weighted by Crippen LogP contribution is 2.30. The van der Waals surface area contributed by atoms with E-state index in [9.17, 15) is 10.1 Å². The predicted octanol–water partition coefficient (Wildman–Crippen LogP) is 3.28. The van der Waals surface area contributed by atoms with Gasteiger partial charge in [-0.15, -0.1) is 0 Å². The van der Waals surface area contributed by atoms with Crippen LogP contribution in [-0.2, 0) is 0 Å². The van der Waals surface area contributed by atoms with Crippen LogP contribution in [0.15, 0.2) is 28.3 Å². The molecular formula is C16H18N4O3. The van der Waals surface area contributed by atoms with Crippen LogP contribution >= 0.6 is 0 Å². The van der Waals surface area contributed by atoms with Gasteiger partial charge in [0.15, 0.2) is 5.76 Å². The van der Waals surface area contributed by atoms with E-state index < -0.39 is 0 Å². The highest BCUT2D eigenvalue weighted by molar-refractivity contribution is 5.59. The number of aryl methyl sites for hydroxylation is 2. The normalized spacial score (nSPS) is 14.9. The molecule has 0 radical (unpaired) electrons. The molecule has 0 aliphatic carbocycles. The summed E-state index contributed by atoms with van der Waals surface area (Å²) in [5, 5.41) is 15.1. The molecule has 1 fully saturated rings. The molecule has 7 heteroatoms. The first-order chi connectivity index (χ1) is 11.0. The Hall–Kier alpha value is -2.70. The van der Waals surface area contributed by atoms with Crippen LogP contribution in [0.3, 0.4) is 0 Å². The molecule has 2 aromatic heterocycles. The van der Waals surface area contributed by atoms with Crippen molar-refractivity contribution in [1.82, 2.24) is 10.1 Å². The molecule has 120 valence electrons. The molecule has 3 rings (SSSR count). The summed E-state index contributed by atoms with van der Waals surface area (Å²) in [6, 6.07) is 5.09. The Morgan fingerprint density at radius 2 is 2.00 bits per heavy atom. The molecule has 1 saturated heterocycles. The molecule has 0 atom stereocenters. The molecule has 0 unspecified atom stereocenters. The molecule has 2 aromatic rings. The molecule has 1 aliphatic rings. The molecule has 3 heterocycles. The van der Waals surface area contributed by atoms with Gasteiger partial charge in [0, 0.05) is 30.9 Å². The van der Waals surface area contributed by atoms with Crippen molar-refractivity contribution in [3.8, 4) is 0 Å². The maximum atomic E-state index is 11.2. The van der Waals surface area contributed by atoms with E-state index >= 15 is 0 Å². The molecular weight excluding hydrogens is 296 g/mol. The number of rotatable bonds is 3. The first kappa shape index (κ1) is 15.2. The number of anilines is 1. The second-order valence-corrected chi connectivity index (χ2v) is 5.71. The number of hydrogen-bond donors (Lipinski definition) is 0. The van der Waals surface area contributed by atoms with Crippen LogP contribution in [0.2, 0.25) is 0 Å². The van der Waals surface area contributed by atoms with Gasteiger partial charge in [-0.1, -0.05) is 10.7 Å². The number of piperidine rings is 1. The monoisotopic (exact) mass is 314 g/mol. The highest BCUT2D eigenvalue weighted by Gasteiger charge is 2.24. The van der Waals surface area contributed by atoms with Crippen LogP contribution in [0.1, 0.15) is 30.0 Å². The maximum absolute atomic E-state index is 11.2. The minimum atomic E-state index is -0.371. The topological polar surface area (TPSA) is 85.3 Å². The van der Waals surface area contributed by atoms with Crippen LogP contribution in [-0.4, -0.2) is 28.2 Å². The third-order valence-corrected chi connectivity index (χ3v) is 3.89. The van der Waals surface area contributed by atoms with E-state index in [0.29, 0.717) is 18.9 Å². The van der Waals surface area contributed by atoms with Crippen molar-refractivity contribution >= 4 is 17.6 Å². The smallest absolute Gasteiger partial charge is 0.311 e. The van der Waals surface area contributed by atoms with Gasteiger partial charge in [-0.05, 0) is 38.8 Å². The molecule has 0 amide bonds. The highest BCUT2D eigenvalue weighted by atomic mass is 16.6. The lowest BCUT2D eigenvalue weighted by Gasteiger charge is -2.29. The van der Waals surface area contributed by atoms with Crippen molar-refractivity contribution in [3.05, 3.63) is 51.0 Å². The van der Waals surface area contributed by atoms with E-state index in [1.807, 2.05) is 30.9 Å². The van der Waals surface area contributed by atoms with Crippen molar-refractivity contribution in [3.63, 3.8) is 0 Å². The van der Waals surface area contributed by atoms with E-state index in [-0.39, 0.29) is 10.6 Å². The summed E-state index contributed by atoms with van der Waals surface area (Å²) in [6.45, 7) is 5.14. The molecule has 0 spiro atoms. The molecule has 0 N–H and O–H groups in total. The summed E-state index contributed by atoms with van der Waals surface area (Å²) in [7, 11) is 0. The van der Waals surface area contributed by atoms with Gasteiger partial charge < -0.3 is 9.42 Å². The van der Waals surface area contributed by atoms with E-state index in [1.165, 1.54) is 11.6 Å². The zero-order valence-electron chi connectivity index (χ0n) is 13.2. The third-order valence-electron chi connectivity index (χ3n) is 3.89. The Labute approximate surface area is 133 Å². The standard InChI is InChI=1S/C16H18N4O3/c1-11-3-4-15(20(21)22)16(17-11)19-7-5-13(6-8-19)10-14-9-12(2)18-23-14/h3-4,9-10H,5-8H2,1-2H3. The Bertz CT molecular complexity index is 756. The Balaban J connectivity index is 1.75. The van der Waals surface area contributed by atoms with Gasteiger partial charge in [0.1, 0.15) is 0 Å². The SMILES string of the molecule is Cc1cc(C=C2CCN(c3nc(C)ccc3[N+](=O)[O-])CC2)on1. The van der Waals surface area contributed by atoms with Crippen molar-refractivity contribution in [2.75, 3.05) is 18.0 Å². The third kappa shape index (κ3) is 3.39. The zero-order valence-corrected chi connectivity index (χ0v) is 13.2. The van der Waals surface area contributed by atoms with Crippen LogP contribution < -0.4 is 4.90 Å². The number of nitro groups is 1. The maximum Gasteiger partial charge on any atom is 0.311 e. The first-order valence-electron chi connectivity index (χ1n) is 7.52. The van der Waals surface area contributed by atoms with Crippen LogP contribution in [0.25, 0.3) is 6.08 Å². The number of aromatic nitrogens is 2. The lowest BCUT2D eigenvalue weighted by Crippen LogP contribution is -2.31. The van der Waals surface area contributed by atoms with E-state index in [2.05, 4.69) is 10.1 Å². The molecule has 1 aliphatic heterocycles. The quantitative estimate of drug-likeness (QED) is 0.638. The Morgan fingerprint density at radius 1 is 1.26 bits per heavy atom. The van der Waals surface area contributed by atoms with Crippen LogP contribution in [0.5, 0.6) is 0 Å². The summed E-state index contributed by atoms with van der Waals surface area (Å²) in [5.41, 5.74) is 2.96. The van der Waals surface area contributed by atoms with Gasteiger partial charge in [-0.25, -0.2) is 4.98 Å². The van der Waals surface area contributed by atoms with Crippen LogP contribution in [0.4, 0.5) is 11.5 Å². The summed E-state index contributed by atoms with van der Waals surface area (Å²) >= 11 is 0.